The fourth-order valence-electron chi connectivity index (χ4n) is 2.29. The van der Waals surface area contributed by atoms with Crippen molar-refractivity contribution in [1.29, 1.82) is 0 Å². The summed E-state index contributed by atoms with van der Waals surface area (Å²) in [5.41, 5.74) is 2.64. The predicted molar refractivity (Wildman–Crippen MR) is 74.0 cm³/mol. The van der Waals surface area contributed by atoms with Crippen molar-refractivity contribution in [2.75, 3.05) is 38.0 Å². The van der Waals surface area contributed by atoms with Crippen LogP contribution in [-0.2, 0) is 4.79 Å². The number of piperazine rings is 1. The van der Waals surface area contributed by atoms with Crippen LogP contribution >= 0.6 is 0 Å². The number of fused-ring (bicyclic) bond motifs is 1. The number of aromatic amines is 1. The number of carbonyl (C=O) groups is 1. The number of anilines is 1. The van der Waals surface area contributed by atoms with Crippen LogP contribution in [0.3, 0.4) is 0 Å². The van der Waals surface area contributed by atoms with E-state index in [0.29, 0.717) is 6.54 Å². The number of imidazole rings is 1. The van der Waals surface area contributed by atoms with Gasteiger partial charge >= 0.3 is 0 Å². The number of H-pyrrole nitrogens is 1. The Morgan fingerprint density at radius 1 is 1.37 bits per heavy atom. The highest BCUT2D eigenvalue weighted by atomic mass is 16.2. The molecule has 2 aromatic rings. The molecule has 1 aliphatic heterocycles. The summed E-state index contributed by atoms with van der Waals surface area (Å²) < 4.78 is 0. The smallest absolute Gasteiger partial charge is 0.238 e. The highest BCUT2D eigenvalue weighted by Crippen LogP contribution is 2.15. The van der Waals surface area contributed by atoms with E-state index < -0.39 is 0 Å². The number of carbonyl (C=O) groups excluding carboxylic acids is 1. The molecule has 1 aliphatic rings. The summed E-state index contributed by atoms with van der Waals surface area (Å²) in [6.07, 6.45) is 1.65. The topological polar surface area (TPSA) is 73.1 Å². The first-order valence-corrected chi connectivity index (χ1v) is 6.47. The van der Waals surface area contributed by atoms with E-state index in [1.165, 1.54) is 0 Å². The van der Waals surface area contributed by atoms with Crippen molar-refractivity contribution in [3.63, 3.8) is 0 Å². The van der Waals surface area contributed by atoms with Gasteiger partial charge in [-0.2, -0.15) is 0 Å². The quantitative estimate of drug-likeness (QED) is 0.746. The fourth-order valence-corrected chi connectivity index (χ4v) is 2.29. The average molecular weight is 259 g/mol. The van der Waals surface area contributed by atoms with Gasteiger partial charge in [-0.3, -0.25) is 9.69 Å². The Labute approximate surface area is 111 Å². The molecular formula is C13H17N5O. The van der Waals surface area contributed by atoms with Crippen LogP contribution in [0.4, 0.5) is 5.69 Å². The van der Waals surface area contributed by atoms with Gasteiger partial charge in [0.15, 0.2) is 0 Å². The van der Waals surface area contributed by atoms with Gasteiger partial charge in [-0.1, -0.05) is 0 Å². The van der Waals surface area contributed by atoms with Crippen LogP contribution in [0.5, 0.6) is 0 Å². The third-order valence-corrected chi connectivity index (χ3v) is 3.28. The average Bonchev–Trinajstić information content (AvgIpc) is 2.87. The molecule has 0 atom stereocenters. The number of hydrogen-bond acceptors (Lipinski definition) is 4. The Hall–Kier alpha value is -1.92. The molecule has 1 amide bonds. The zero-order valence-electron chi connectivity index (χ0n) is 10.6. The van der Waals surface area contributed by atoms with Gasteiger partial charge < -0.3 is 15.6 Å². The molecule has 19 heavy (non-hydrogen) atoms. The summed E-state index contributed by atoms with van der Waals surface area (Å²) in [5.74, 6) is 0.0285. The van der Waals surface area contributed by atoms with Gasteiger partial charge in [0.25, 0.3) is 0 Å². The van der Waals surface area contributed by atoms with Crippen LogP contribution in [0.15, 0.2) is 24.5 Å². The number of amides is 1. The van der Waals surface area contributed by atoms with E-state index in [2.05, 4.69) is 25.5 Å². The molecule has 0 bridgehead atoms. The maximum absolute atomic E-state index is 12.0. The molecule has 6 heteroatoms. The Morgan fingerprint density at radius 3 is 3.05 bits per heavy atom. The minimum atomic E-state index is 0.0285. The molecule has 0 spiro atoms. The lowest BCUT2D eigenvalue weighted by molar-refractivity contribution is -0.117. The second-order valence-corrected chi connectivity index (χ2v) is 4.71. The lowest BCUT2D eigenvalue weighted by Gasteiger charge is -2.26. The molecule has 6 nitrogen and oxygen atoms in total. The SMILES string of the molecule is O=C(CN1CCNCC1)Nc1ccc2nc[nH]c2c1. The first-order valence-electron chi connectivity index (χ1n) is 6.47. The van der Waals surface area contributed by atoms with E-state index in [-0.39, 0.29) is 5.91 Å². The van der Waals surface area contributed by atoms with Crippen LogP contribution in [0.1, 0.15) is 0 Å². The first-order chi connectivity index (χ1) is 9.31. The molecule has 0 unspecified atom stereocenters. The van der Waals surface area contributed by atoms with Crippen molar-refractivity contribution in [1.82, 2.24) is 20.2 Å². The van der Waals surface area contributed by atoms with Gasteiger partial charge in [-0.25, -0.2) is 4.98 Å². The lowest BCUT2D eigenvalue weighted by atomic mass is 10.2. The number of rotatable bonds is 3. The first kappa shape index (κ1) is 12.1. The molecule has 3 rings (SSSR count). The maximum Gasteiger partial charge on any atom is 0.238 e. The van der Waals surface area contributed by atoms with Crippen molar-refractivity contribution in [2.45, 2.75) is 0 Å². The lowest BCUT2D eigenvalue weighted by Crippen LogP contribution is -2.46. The van der Waals surface area contributed by atoms with Crippen LogP contribution in [-0.4, -0.2) is 53.5 Å². The highest BCUT2D eigenvalue weighted by molar-refractivity contribution is 5.94. The second kappa shape index (κ2) is 5.38. The number of aromatic nitrogens is 2. The van der Waals surface area contributed by atoms with Crippen molar-refractivity contribution in [2.24, 2.45) is 0 Å². The van der Waals surface area contributed by atoms with Crippen molar-refractivity contribution in [3.8, 4) is 0 Å². The van der Waals surface area contributed by atoms with Crippen molar-refractivity contribution >= 4 is 22.6 Å². The van der Waals surface area contributed by atoms with E-state index in [4.69, 9.17) is 0 Å². The van der Waals surface area contributed by atoms with Gasteiger partial charge in [0.1, 0.15) is 0 Å². The van der Waals surface area contributed by atoms with E-state index in [1.807, 2.05) is 18.2 Å². The molecule has 1 fully saturated rings. The summed E-state index contributed by atoms with van der Waals surface area (Å²) in [4.78, 5) is 21.3. The zero-order chi connectivity index (χ0) is 13.1. The molecule has 2 heterocycles. The Balaban J connectivity index is 1.61. The summed E-state index contributed by atoms with van der Waals surface area (Å²) in [6, 6.07) is 5.67. The van der Waals surface area contributed by atoms with Crippen LogP contribution in [0.25, 0.3) is 11.0 Å². The van der Waals surface area contributed by atoms with Gasteiger partial charge in [-0.15, -0.1) is 0 Å². The highest BCUT2D eigenvalue weighted by Gasteiger charge is 2.13. The third kappa shape index (κ3) is 2.91. The monoisotopic (exact) mass is 259 g/mol. The summed E-state index contributed by atoms with van der Waals surface area (Å²) in [7, 11) is 0. The molecule has 1 aromatic carbocycles. The molecule has 100 valence electrons. The van der Waals surface area contributed by atoms with E-state index in [1.54, 1.807) is 6.33 Å². The number of nitrogens with zero attached hydrogens (tertiary/aromatic N) is 2. The van der Waals surface area contributed by atoms with Crippen molar-refractivity contribution < 1.29 is 4.79 Å². The summed E-state index contributed by atoms with van der Waals surface area (Å²) in [5, 5.41) is 6.19. The Kier molecular flexibility index (Phi) is 3.43. The fraction of sp³-hybridized carbons (Fsp3) is 0.385. The van der Waals surface area contributed by atoms with E-state index in [9.17, 15) is 4.79 Å². The molecule has 3 N–H and O–H groups in total. The predicted octanol–water partition coefficient (Wildman–Crippen LogP) is 0.407. The number of nitrogens with one attached hydrogen (secondary N) is 3. The summed E-state index contributed by atoms with van der Waals surface area (Å²) in [6.45, 7) is 4.20. The largest absolute Gasteiger partial charge is 0.345 e. The minimum Gasteiger partial charge on any atom is -0.345 e. The molecule has 0 radical (unpaired) electrons. The molecule has 1 saturated heterocycles. The van der Waals surface area contributed by atoms with E-state index >= 15 is 0 Å². The van der Waals surface area contributed by atoms with Crippen molar-refractivity contribution in [3.05, 3.63) is 24.5 Å². The van der Waals surface area contributed by atoms with Gasteiger partial charge in [0, 0.05) is 31.9 Å². The van der Waals surface area contributed by atoms with Crippen LogP contribution in [0, 0.1) is 0 Å². The van der Waals surface area contributed by atoms with E-state index in [0.717, 1.165) is 42.9 Å². The normalized spacial score (nSPS) is 16.6. The molecule has 0 saturated carbocycles. The van der Waals surface area contributed by atoms with Crippen LogP contribution in [0.2, 0.25) is 0 Å². The van der Waals surface area contributed by atoms with Gasteiger partial charge in [0.05, 0.1) is 23.9 Å². The molecule has 1 aromatic heterocycles. The number of hydrogen-bond donors (Lipinski definition) is 3. The van der Waals surface area contributed by atoms with Gasteiger partial charge in [-0.05, 0) is 18.2 Å². The number of benzene rings is 1. The van der Waals surface area contributed by atoms with Crippen LogP contribution < -0.4 is 10.6 Å². The Morgan fingerprint density at radius 2 is 2.21 bits per heavy atom. The molecule has 0 aliphatic carbocycles. The maximum atomic E-state index is 12.0. The summed E-state index contributed by atoms with van der Waals surface area (Å²) >= 11 is 0. The standard InChI is InChI=1S/C13H17N5O/c19-13(8-18-5-3-14-4-6-18)17-10-1-2-11-12(7-10)16-9-15-11/h1-2,7,9,14H,3-6,8H2,(H,15,16)(H,17,19). The zero-order valence-corrected chi connectivity index (χ0v) is 10.6. The minimum absolute atomic E-state index is 0.0285. The van der Waals surface area contributed by atoms with Gasteiger partial charge in [0.2, 0.25) is 5.91 Å². The Bertz CT molecular complexity index is 573. The second-order valence-electron chi connectivity index (χ2n) is 4.71. The third-order valence-electron chi connectivity index (χ3n) is 3.28. The molecular weight excluding hydrogens is 242 g/mol.